The van der Waals surface area contributed by atoms with Crippen LogP contribution in [-0.4, -0.2) is 54.3 Å². The maximum Gasteiger partial charge on any atom is 0.132 e. The molecule has 5 heteroatoms. The molecule has 1 N–H and O–H groups in total. The van der Waals surface area contributed by atoms with Gasteiger partial charge in [-0.25, -0.2) is 9.97 Å². The number of aromatic nitrogens is 2. The van der Waals surface area contributed by atoms with Gasteiger partial charge in [0.1, 0.15) is 11.6 Å². The Balaban J connectivity index is 1.83. The van der Waals surface area contributed by atoms with Gasteiger partial charge in [-0.3, -0.25) is 4.90 Å². The Morgan fingerprint density at radius 3 is 2.89 bits per heavy atom. The number of nitrogens with zero attached hydrogens (tertiary/aromatic N) is 3. The molecule has 0 aromatic carbocycles. The summed E-state index contributed by atoms with van der Waals surface area (Å²) in [5.41, 5.74) is 1.18. The van der Waals surface area contributed by atoms with Crippen molar-refractivity contribution in [1.82, 2.24) is 14.9 Å². The fourth-order valence-electron chi connectivity index (χ4n) is 2.06. The third-order valence-electron chi connectivity index (χ3n) is 3.19. The van der Waals surface area contributed by atoms with Crippen LogP contribution in [0.3, 0.4) is 0 Å². The van der Waals surface area contributed by atoms with Crippen LogP contribution in [0.2, 0.25) is 0 Å². The van der Waals surface area contributed by atoms with Crippen molar-refractivity contribution >= 4 is 5.82 Å². The lowest BCUT2D eigenvalue weighted by Gasteiger charge is -2.26. The van der Waals surface area contributed by atoms with Crippen LogP contribution in [-0.2, 0) is 11.2 Å². The molecule has 0 amide bonds. The summed E-state index contributed by atoms with van der Waals surface area (Å²) in [7, 11) is 0. The first-order valence-electron chi connectivity index (χ1n) is 6.66. The minimum Gasteiger partial charge on any atom is -0.379 e. The standard InChI is InChI=1S/C13H22N4O/c1-3-12-10-15-11(2)16-13(12)14-4-5-17-6-8-18-9-7-17/h10H,3-9H2,1-2H3,(H,14,15,16). The molecule has 100 valence electrons. The molecule has 2 rings (SSSR count). The van der Waals surface area contributed by atoms with E-state index in [1.807, 2.05) is 13.1 Å². The lowest BCUT2D eigenvalue weighted by Crippen LogP contribution is -2.39. The van der Waals surface area contributed by atoms with E-state index in [9.17, 15) is 0 Å². The molecule has 1 saturated heterocycles. The van der Waals surface area contributed by atoms with Crippen LogP contribution in [0, 0.1) is 6.92 Å². The molecule has 0 bridgehead atoms. The van der Waals surface area contributed by atoms with E-state index < -0.39 is 0 Å². The van der Waals surface area contributed by atoms with E-state index in [4.69, 9.17) is 4.74 Å². The minimum atomic E-state index is 0.820. The molecule has 0 spiro atoms. The monoisotopic (exact) mass is 250 g/mol. The Bertz CT molecular complexity index is 377. The van der Waals surface area contributed by atoms with Gasteiger partial charge in [-0.05, 0) is 13.3 Å². The summed E-state index contributed by atoms with van der Waals surface area (Å²) in [5.74, 6) is 1.80. The SMILES string of the molecule is CCc1cnc(C)nc1NCCN1CCOCC1. The fourth-order valence-corrected chi connectivity index (χ4v) is 2.06. The second-order valence-electron chi connectivity index (χ2n) is 4.53. The molecule has 1 fully saturated rings. The van der Waals surface area contributed by atoms with Gasteiger partial charge >= 0.3 is 0 Å². The summed E-state index contributed by atoms with van der Waals surface area (Å²) in [6.07, 6.45) is 2.87. The molecule has 0 atom stereocenters. The molecular formula is C13H22N4O. The average molecular weight is 250 g/mol. The van der Waals surface area contributed by atoms with E-state index in [0.29, 0.717) is 0 Å². The quantitative estimate of drug-likeness (QED) is 0.848. The molecule has 1 aromatic rings. The zero-order valence-corrected chi connectivity index (χ0v) is 11.3. The van der Waals surface area contributed by atoms with Gasteiger partial charge in [-0.15, -0.1) is 0 Å². The summed E-state index contributed by atoms with van der Waals surface area (Å²) in [5, 5.41) is 3.42. The van der Waals surface area contributed by atoms with Crippen LogP contribution >= 0.6 is 0 Å². The molecular weight excluding hydrogens is 228 g/mol. The molecule has 0 radical (unpaired) electrons. The van der Waals surface area contributed by atoms with E-state index in [-0.39, 0.29) is 0 Å². The first kappa shape index (κ1) is 13.2. The zero-order chi connectivity index (χ0) is 12.8. The lowest BCUT2D eigenvalue weighted by molar-refractivity contribution is 0.0398. The number of ether oxygens (including phenoxy) is 1. The smallest absolute Gasteiger partial charge is 0.132 e. The first-order chi connectivity index (χ1) is 8.79. The van der Waals surface area contributed by atoms with Crippen molar-refractivity contribution in [2.75, 3.05) is 44.7 Å². The van der Waals surface area contributed by atoms with E-state index in [1.165, 1.54) is 5.56 Å². The van der Waals surface area contributed by atoms with E-state index in [2.05, 4.69) is 27.1 Å². The van der Waals surface area contributed by atoms with Crippen LogP contribution in [0.5, 0.6) is 0 Å². The largest absolute Gasteiger partial charge is 0.379 e. The van der Waals surface area contributed by atoms with E-state index in [0.717, 1.165) is 57.5 Å². The summed E-state index contributed by atoms with van der Waals surface area (Å²) in [6.45, 7) is 9.78. The number of anilines is 1. The van der Waals surface area contributed by atoms with Crippen molar-refractivity contribution in [3.63, 3.8) is 0 Å². The summed E-state index contributed by atoms with van der Waals surface area (Å²) in [4.78, 5) is 11.1. The maximum absolute atomic E-state index is 5.33. The summed E-state index contributed by atoms with van der Waals surface area (Å²) in [6, 6.07) is 0. The predicted octanol–water partition coefficient (Wildman–Crippen LogP) is 1.09. The van der Waals surface area contributed by atoms with Crippen molar-refractivity contribution in [3.05, 3.63) is 17.6 Å². The Morgan fingerprint density at radius 1 is 1.39 bits per heavy atom. The second-order valence-corrected chi connectivity index (χ2v) is 4.53. The Labute approximate surface area is 109 Å². The first-order valence-corrected chi connectivity index (χ1v) is 6.66. The van der Waals surface area contributed by atoms with Crippen LogP contribution in [0.25, 0.3) is 0 Å². The van der Waals surface area contributed by atoms with Crippen LogP contribution in [0.15, 0.2) is 6.20 Å². The Kier molecular flexibility index (Phi) is 4.90. The number of rotatable bonds is 5. The van der Waals surface area contributed by atoms with Crippen molar-refractivity contribution < 1.29 is 4.74 Å². The molecule has 0 aliphatic carbocycles. The minimum absolute atomic E-state index is 0.820. The van der Waals surface area contributed by atoms with Crippen LogP contribution in [0.4, 0.5) is 5.82 Å². The highest BCUT2D eigenvalue weighted by molar-refractivity contribution is 5.42. The Morgan fingerprint density at radius 2 is 2.17 bits per heavy atom. The van der Waals surface area contributed by atoms with Gasteiger partial charge in [0.15, 0.2) is 0 Å². The fraction of sp³-hybridized carbons (Fsp3) is 0.692. The van der Waals surface area contributed by atoms with E-state index in [1.54, 1.807) is 0 Å². The molecule has 1 aliphatic rings. The number of aryl methyl sites for hydroxylation is 2. The normalized spacial score (nSPS) is 16.8. The third-order valence-corrected chi connectivity index (χ3v) is 3.19. The summed E-state index contributed by atoms with van der Waals surface area (Å²) >= 11 is 0. The van der Waals surface area contributed by atoms with Gasteiger partial charge in [0.05, 0.1) is 13.2 Å². The van der Waals surface area contributed by atoms with Gasteiger partial charge in [-0.1, -0.05) is 6.92 Å². The van der Waals surface area contributed by atoms with Gasteiger partial charge in [0.25, 0.3) is 0 Å². The molecule has 1 aromatic heterocycles. The molecule has 5 nitrogen and oxygen atoms in total. The van der Waals surface area contributed by atoms with Crippen molar-refractivity contribution in [2.24, 2.45) is 0 Å². The van der Waals surface area contributed by atoms with Crippen molar-refractivity contribution in [1.29, 1.82) is 0 Å². The van der Waals surface area contributed by atoms with Gasteiger partial charge in [0.2, 0.25) is 0 Å². The van der Waals surface area contributed by atoms with Crippen LogP contribution < -0.4 is 5.32 Å². The summed E-state index contributed by atoms with van der Waals surface area (Å²) < 4.78 is 5.33. The molecule has 1 aliphatic heterocycles. The van der Waals surface area contributed by atoms with E-state index >= 15 is 0 Å². The number of hydrogen-bond acceptors (Lipinski definition) is 5. The predicted molar refractivity (Wildman–Crippen MR) is 71.9 cm³/mol. The lowest BCUT2D eigenvalue weighted by atomic mass is 10.2. The molecule has 2 heterocycles. The second kappa shape index (κ2) is 6.66. The van der Waals surface area contributed by atoms with Gasteiger partial charge in [0, 0.05) is 37.9 Å². The number of nitrogens with one attached hydrogen (secondary N) is 1. The number of hydrogen-bond donors (Lipinski definition) is 1. The van der Waals surface area contributed by atoms with Crippen LogP contribution in [0.1, 0.15) is 18.3 Å². The molecule has 0 unspecified atom stereocenters. The zero-order valence-electron chi connectivity index (χ0n) is 11.3. The molecule has 18 heavy (non-hydrogen) atoms. The number of morpholine rings is 1. The van der Waals surface area contributed by atoms with Crippen molar-refractivity contribution in [2.45, 2.75) is 20.3 Å². The van der Waals surface area contributed by atoms with Gasteiger partial charge in [-0.2, -0.15) is 0 Å². The van der Waals surface area contributed by atoms with Crippen molar-refractivity contribution in [3.8, 4) is 0 Å². The Hall–Kier alpha value is -1.20. The highest BCUT2D eigenvalue weighted by atomic mass is 16.5. The third kappa shape index (κ3) is 3.65. The highest BCUT2D eigenvalue weighted by Gasteiger charge is 2.10. The maximum atomic E-state index is 5.33. The highest BCUT2D eigenvalue weighted by Crippen LogP contribution is 2.11. The molecule has 0 saturated carbocycles. The topological polar surface area (TPSA) is 50.3 Å². The van der Waals surface area contributed by atoms with Gasteiger partial charge < -0.3 is 10.1 Å². The average Bonchev–Trinajstić information content (AvgIpc) is 2.40.